The zero-order chi connectivity index (χ0) is 14.7. The van der Waals surface area contributed by atoms with Gasteiger partial charge < -0.3 is 14.4 Å². The van der Waals surface area contributed by atoms with Gasteiger partial charge in [-0.1, -0.05) is 0 Å². The zero-order valence-electron chi connectivity index (χ0n) is 12.0. The molecule has 0 aromatic heterocycles. The van der Waals surface area contributed by atoms with E-state index in [2.05, 4.69) is 0 Å². The standard InChI is InChI=1S/C15H19NO4/c1-4-19-15(18)9-16-8-10(2)20-14-6-5-12(11(3)17)7-13(14)16/h5-7,10H,4,8-9H2,1-3H3. The fourth-order valence-electron chi connectivity index (χ4n) is 2.26. The average Bonchev–Trinajstić information content (AvgIpc) is 2.38. The largest absolute Gasteiger partial charge is 0.487 e. The summed E-state index contributed by atoms with van der Waals surface area (Å²) in [5, 5.41) is 0. The summed E-state index contributed by atoms with van der Waals surface area (Å²) in [5.74, 6) is 0.404. The Morgan fingerprint density at radius 1 is 1.45 bits per heavy atom. The van der Waals surface area contributed by atoms with Gasteiger partial charge in [0, 0.05) is 5.56 Å². The van der Waals surface area contributed by atoms with Gasteiger partial charge in [-0.05, 0) is 39.0 Å². The number of hydrogen-bond acceptors (Lipinski definition) is 5. The van der Waals surface area contributed by atoms with E-state index in [9.17, 15) is 9.59 Å². The van der Waals surface area contributed by atoms with Crippen LogP contribution in [-0.4, -0.2) is 37.6 Å². The number of rotatable bonds is 4. The van der Waals surface area contributed by atoms with Crippen LogP contribution in [0.5, 0.6) is 5.75 Å². The summed E-state index contributed by atoms with van der Waals surface area (Å²) in [6, 6.07) is 5.28. The van der Waals surface area contributed by atoms with Crippen molar-refractivity contribution in [3.63, 3.8) is 0 Å². The number of ether oxygens (including phenoxy) is 2. The second-order valence-electron chi connectivity index (χ2n) is 4.85. The molecule has 0 bridgehead atoms. The van der Waals surface area contributed by atoms with E-state index in [4.69, 9.17) is 9.47 Å². The molecule has 5 heteroatoms. The fraction of sp³-hybridized carbons (Fsp3) is 0.467. The molecule has 1 atom stereocenters. The van der Waals surface area contributed by atoms with Crippen molar-refractivity contribution >= 4 is 17.4 Å². The third kappa shape index (κ3) is 3.10. The maximum Gasteiger partial charge on any atom is 0.325 e. The number of esters is 1. The predicted molar refractivity (Wildman–Crippen MR) is 75.4 cm³/mol. The van der Waals surface area contributed by atoms with Crippen molar-refractivity contribution in [2.24, 2.45) is 0 Å². The molecule has 5 nitrogen and oxygen atoms in total. The molecule has 108 valence electrons. The van der Waals surface area contributed by atoms with Gasteiger partial charge >= 0.3 is 5.97 Å². The number of fused-ring (bicyclic) bond motifs is 1. The van der Waals surface area contributed by atoms with Crippen LogP contribution in [0.15, 0.2) is 18.2 Å². The average molecular weight is 277 g/mol. The van der Waals surface area contributed by atoms with Crippen molar-refractivity contribution in [3.8, 4) is 5.75 Å². The van der Waals surface area contributed by atoms with E-state index in [0.717, 1.165) is 5.69 Å². The Hall–Kier alpha value is -2.04. The smallest absolute Gasteiger partial charge is 0.325 e. The minimum absolute atomic E-state index is 0.0116. The van der Waals surface area contributed by atoms with Crippen molar-refractivity contribution < 1.29 is 19.1 Å². The molecule has 0 saturated heterocycles. The number of hydrogen-bond donors (Lipinski definition) is 0. The van der Waals surface area contributed by atoms with E-state index in [1.54, 1.807) is 25.1 Å². The highest BCUT2D eigenvalue weighted by molar-refractivity contribution is 5.95. The lowest BCUT2D eigenvalue weighted by atomic mass is 10.1. The van der Waals surface area contributed by atoms with Crippen LogP contribution in [0.3, 0.4) is 0 Å². The van der Waals surface area contributed by atoms with E-state index in [0.29, 0.717) is 24.5 Å². The number of anilines is 1. The van der Waals surface area contributed by atoms with Gasteiger partial charge in [-0.15, -0.1) is 0 Å². The predicted octanol–water partition coefficient (Wildman–Crippen LogP) is 2.04. The monoisotopic (exact) mass is 277 g/mol. The van der Waals surface area contributed by atoms with Gasteiger partial charge in [0.1, 0.15) is 18.4 Å². The molecule has 0 fully saturated rings. The first kappa shape index (κ1) is 14.4. The van der Waals surface area contributed by atoms with Gasteiger partial charge in [-0.2, -0.15) is 0 Å². The number of carbonyl (C=O) groups is 2. The van der Waals surface area contributed by atoms with Crippen LogP contribution in [0, 0.1) is 0 Å². The molecule has 20 heavy (non-hydrogen) atoms. The van der Waals surface area contributed by atoms with Gasteiger partial charge in [0.05, 0.1) is 18.8 Å². The van der Waals surface area contributed by atoms with Crippen LogP contribution < -0.4 is 9.64 Å². The van der Waals surface area contributed by atoms with Gasteiger partial charge in [0.25, 0.3) is 0 Å². The van der Waals surface area contributed by atoms with Gasteiger partial charge in [-0.3, -0.25) is 9.59 Å². The number of ketones is 1. The summed E-state index contributed by atoms with van der Waals surface area (Å²) >= 11 is 0. The first-order valence-corrected chi connectivity index (χ1v) is 6.73. The van der Waals surface area contributed by atoms with Crippen LogP contribution in [0.1, 0.15) is 31.1 Å². The molecular formula is C15H19NO4. The van der Waals surface area contributed by atoms with Crippen molar-refractivity contribution in [1.82, 2.24) is 0 Å². The lowest BCUT2D eigenvalue weighted by Crippen LogP contribution is -2.41. The number of benzene rings is 1. The maximum absolute atomic E-state index is 11.7. The molecule has 0 N–H and O–H groups in total. The third-order valence-corrected chi connectivity index (χ3v) is 3.14. The molecule has 0 amide bonds. The van der Waals surface area contributed by atoms with Gasteiger partial charge in [0.2, 0.25) is 0 Å². The lowest BCUT2D eigenvalue weighted by molar-refractivity contribution is -0.141. The lowest BCUT2D eigenvalue weighted by Gasteiger charge is -2.34. The molecule has 1 aromatic carbocycles. The summed E-state index contributed by atoms with van der Waals surface area (Å²) in [5.41, 5.74) is 1.37. The van der Waals surface area contributed by atoms with E-state index in [1.165, 1.54) is 6.92 Å². The highest BCUT2D eigenvalue weighted by Gasteiger charge is 2.25. The molecule has 1 aromatic rings. The summed E-state index contributed by atoms with van der Waals surface area (Å²) in [6.07, 6.45) is -0.0138. The Kier molecular flexibility index (Phi) is 4.27. The molecule has 1 aliphatic rings. The Morgan fingerprint density at radius 2 is 2.20 bits per heavy atom. The zero-order valence-corrected chi connectivity index (χ0v) is 12.0. The molecule has 1 unspecified atom stereocenters. The van der Waals surface area contributed by atoms with Crippen molar-refractivity contribution in [1.29, 1.82) is 0 Å². The minimum atomic E-state index is -0.277. The van der Waals surface area contributed by atoms with Gasteiger partial charge in [-0.25, -0.2) is 0 Å². The van der Waals surface area contributed by atoms with Crippen LogP contribution in [-0.2, 0) is 9.53 Å². The van der Waals surface area contributed by atoms with Crippen LogP contribution in [0.4, 0.5) is 5.69 Å². The quantitative estimate of drug-likeness (QED) is 0.622. The van der Waals surface area contributed by atoms with Crippen LogP contribution >= 0.6 is 0 Å². The highest BCUT2D eigenvalue weighted by Crippen LogP contribution is 2.34. The number of nitrogens with zero attached hydrogens (tertiary/aromatic N) is 1. The second kappa shape index (κ2) is 5.94. The maximum atomic E-state index is 11.7. The molecule has 0 aliphatic carbocycles. The number of carbonyl (C=O) groups excluding carboxylic acids is 2. The van der Waals surface area contributed by atoms with Crippen molar-refractivity contribution in [2.75, 3.05) is 24.6 Å². The molecule has 0 spiro atoms. The first-order valence-electron chi connectivity index (χ1n) is 6.73. The molecule has 0 saturated carbocycles. The molecule has 0 radical (unpaired) electrons. The summed E-state index contributed by atoms with van der Waals surface area (Å²) < 4.78 is 10.7. The third-order valence-electron chi connectivity index (χ3n) is 3.14. The Bertz CT molecular complexity index is 527. The van der Waals surface area contributed by atoms with Crippen LogP contribution in [0.25, 0.3) is 0 Å². The van der Waals surface area contributed by atoms with Crippen LogP contribution in [0.2, 0.25) is 0 Å². The Labute approximate surface area is 118 Å². The van der Waals surface area contributed by atoms with E-state index in [-0.39, 0.29) is 24.4 Å². The van der Waals surface area contributed by atoms with Gasteiger partial charge in [0.15, 0.2) is 5.78 Å². The minimum Gasteiger partial charge on any atom is -0.487 e. The normalized spacial score (nSPS) is 17.1. The van der Waals surface area contributed by atoms with E-state index < -0.39 is 0 Å². The summed E-state index contributed by atoms with van der Waals surface area (Å²) in [6.45, 7) is 6.35. The Morgan fingerprint density at radius 3 is 2.85 bits per heavy atom. The Balaban J connectivity index is 2.29. The molecule has 1 aliphatic heterocycles. The first-order chi connectivity index (χ1) is 9.51. The second-order valence-corrected chi connectivity index (χ2v) is 4.85. The molecule has 1 heterocycles. The van der Waals surface area contributed by atoms with E-state index in [1.807, 2.05) is 11.8 Å². The molecular weight excluding hydrogens is 258 g/mol. The van der Waals surface area contributed by atoms with Crippen molar-refractivity contribution in [2.45, 2.75) is 26.9 Å². The SMILES string of the molecule is CCOC(=O)CN1CC(C)Oc2ccc(C(C)=O)cc21. The number of Topliss-reactive ketones (excluding diaryl/α,β-unsaturated/α-hetero) is 1. The summed E-state index contributed by atoms with van der Waals surface area (Å²) in [4.78, 5) is 25.0. The molecule has 2 rings (SSSR count). The van der Waals surface area contributed by atoms with E-state index >= 15 is 0 Å². The van der Waals surface area contributed by atoms with Crippen molar-refractivity contribution in [3.05, 3.63) is 23.8 Å². The highest BCUT2D eigenvalue weighted by atomic mass is 16.5. The topological polar surface area (TPSA) is 55.8 Å². The fourth-order valence-corrected chi connectivity index (χ4v) is 2.26. The summed E-state index contributed by atoms with van der Waals surface area (Å²) in [7, 11) is 0.